The fourth-order valence-corrected chi connectivity index (χ4v) is 4.80. The fraction of sp³-hybridized carbons (Fsp3) is 0.280. The molecule has 9 nitrogen and oxygen atoms in total. The standard InChI is InChI=1S/C25H25N3O6S/c1-33-15(10-23(29)30)11-27-24(31)21-12-26-22(35-21)13-28-25(32)34-14-20-18-8-4-2-6-16(18)17-7-3-5-9-19(17)20/h2-9,12,15,20H,10-11,13-14H2,1H3,(H,27,31)(H,28,32)(H,29,30). The molecule has 1 heterocycles. The third kappa shape index (κ3) is 5.84. The molecular formula is C25H25N3O6S. The highest BCUT2D eigenvalue weighted by Crippen LogP contribution is 2.44. The van der Waals surface area contributed by atoms with Crippen molar-refractivity contribution in [1.82, 2.24) is 15.6 Å². The van der Waals surface area contributed by atoms with Gasteiger partial charge in [0.2, 0.25) is 0 Å². The number of methoxy groups -OCH3 is 1. The number of alkyl carbamates (subject to hydrolysis) is 1. The second kappa shape index (κ2) is 11.1. The Bertz CT molecular complexity index is 1180. The van der Waals surface area contributed by atoms with Crippen molar-refractivity contribution >= 4 is 29.3 Å². The molecule has 10 heteroatoms. The summed E-state index contributed by atoms with van der Waals surface area (Å²) in [6.45, 7) is 0.392. The Labute approximate surface area is 206 Å². The van der Waals surface area contributed by atoms with Gasteiger partial charge in [0.25, 0.3) is 5.91 Å². The number of carboxylic acid groups (broad SMARTS) is 1. The monoisotopic (exact) mass is 495 g/mol. The SMILES string of the molecule is COC(CNC(=O)c1cnc(CNC(=O)OCC2c3ccccc3-c3ccccc32)s1)CC(=O)O. The van der Waals surface area contributed by atoms with Gasteiger partial charge in [-0.15, -0.1) is 11.3 Å². The Balaban J connectivity index is 1.26. The summed E-state index contributed by atoms with van der Waals surface area (Å²) in [5.41, 5.74) is 4.59. The zero-order valence-electron chi connectivity index (χ0n) is 19.0. The number of rotatable bonds is 10. The Hall–Kier alpha value is -3.76. The van der Waals surface area contributed by atoms with Gasteiger partial charge in [0.05, 0.1) is 25.3 Å². The van der Waals surface area contributed by atoms with Crippen molar-refractivity contribution < 1.29 is 29.0 Å². The number of benzene rings is 2. The first-order valence-corrected chi connectivity index (χ1v) is 11.8. The number of hydrogen-bond donors (Lipinski definition) is 3. The van der Waals surface area contributed by atoms with E-state index in [-0.39, 0.29) is 37.9 Å². The number of ether oxygens (including phenoxy) is 2. The summed E-state index contributed by atoms with van der Waals surface area (Å²) < 4.78 is 10.6. The van der Waals surface area contributed by atoms with Gasteiger partial charge in [-0.3, -0.25) is 9.59 Å². The quantitative estimate of drug-likeness (QED) is 0.393. The third-order valence-electron chi connectivity index (χ3n) is 5.73. The van der Waals surface area contributed by atoms with Crippen LogP contribution >= 0.6 is 11.3 Å². The fourth-order valence-electron chi connectivity index (χ4n) is 4.02. The number of hydrogen-bond acceptors (Lipinski definition) is 7. The maximum absolute atomic E-state index is 12.3. The molecule has 3 N–H and O–H groups in total. The van der Waals surface area contributed by atoms with E-state index in [2.05, 4.69) is 39.9 Å². The number of fused-ring (bicyclic) bond motifs is 3. The molecular weight excluding hydrogens is 470 g/mol. The Kier molecular flexibility index (Phi) is 7.74. The van der Waals surface area contributed by atoms with Crippen molar-refractivity contribution in [3.8, 4) is 11.1 Å². The molecule has 2 amide bonds. The summed E-state index contributed by atoms with van der Waals surface area (Å²) in [7, 11) is 1.39. The highest BCUT2D eigenvalue weighted by molar-refractivity contribution is 7.13. The first-order valence-electron chi connectivity index (χ1n) is 11.0. The molecule has 35 heavy (non-hydrogen) atoms. The molecule has 1 aliphatic rings. The number of thiazole rings is 1. The Morgan fingerprint density at radius 2 is 1.71 bits per heavy atom. The number of amides is 2. The summed E-state index contributed by atoms with van der Waals surface area (Å²) in [6, 6.07) is 16.2. The van der Waals surface area contributed by atoms with Crippen LogP contribution in [0.2, 0.25) is 0 Å². The zero-order chi connectivity index (χ0) is 24.8. The van der Waals surface area contributed by atoms with Gasteiger partial charge in [0, 0.05) is 19.6 Å². The van der Waals surface area contributed by atoms with Crippen LogP contribution in [0, 0.1) is 0 Å². The third-order valence-corrected chi connectivity index (χ3v) is 6.73. The van der Waals surface area contributed by atoms with Crippen molar-refractivity contribution in [1.29, 1.82) is 0 Å². The van der Waals surface area contributed by atoms with E-state index in [1.807, 2.05) is 24.3 Å². The molecule has 0 saturated carbocycles. The van der Waals surface area contributed by atoms with Crippen molar-refractivity contribution in [2.24, 2.45) is 0 Å². The highest BCUT2D eigenvalue weighted by atomic mass is 32.1. The lowest BCUT2D eigenvalue weighted by atomic mass is 9.98. The van der Waals surface area contributed by atoms with E-state index in [0.29, 0.717) is 9.88 Å². The molecule has 0 aliphatic heterocycles. The predicted molar refractivity (Wildman–Crippen MR) is 129 cm³/mol. The van der Waals surface area contributed by atoms with Crippen LogP contribution in [0.5, 0.6) is 0 Å². The van der Waals surface area contributed by atoms with E-state index in [9.17, 15) is 14.4 Å². The minimum atomic E-state index is -1.01. The van der Waals surface area contributed by atoms with Crippen molar-refractivity contribution in [3.63, 3.8) is 0 Å². The number of carbonyl (C=O) groups is 3. The van der Waals surface area contributed by atoms with Crippen molar-refractivity contribution in [2.45, 2.75) is 25.0 Å². The van der Waals surface area contributed by atoms with Crippen LogP contribution in [0.15, 0.2) is 54.7 Å². The van der Waals surface area contributed by atoms with E-state index < -0.39 is 18.2 Å². The van der Waals surface area contributed by atoms with Crippen LogP contribution in [0.4, 0.5) is 4.79 Å². The molecule has 2 aromatic carbocycles. The topological polar surface area (TPSA) is 127 Å². The number of carboxylic acids is 1. The molecule has 182 valence electrons. The summed E-state index contributed by atoms with van der Waals surface area (Å²) in [6.07, 6.45) is 0.00597. The van der Waals surface area contributed by atoms with E-state index in [0.717, 1.165) is 33.6 Å². The molecule has 0 radical (unpaired) electrons. The minimum Gasteiger partial charge on any atom is -0.481 e. The number of aliphatic carboxylic acids is 1. The smallest absolute Gasteiger partial charge is 0.407 e. The molecule has 0 spiro atoms. The van der Waals surface area contributed by atoms with Crippen LogP contribution in [-0.4, -0.2) is 54.4 Å². The van der Waals surface area contributed by atoms with E-state index in [1.165, 1.54) is 13.3 Å². The molecule has 1 aliphatic carbocycles. The van der Waals surface area contributed by atoms with Crippen LogP contribution in [0.1, 0.15) is 38.1 Å². The predicted octanol–water partition coefficient (Wildman–Crippen LogP) is 3.40. The van der Waals surface area contributed by atoms with Gasteiger partial charge in [-0.25, -0.2) is 9.78 Å². The van der Waals surface area contributed by atoms with Crippen LogP contribution in [0.3, 0.4) is 0 Å². The molecule has 0 bridgehead atoms. The molecule has 1 atom stereocenters. The first-order chi connectivity index (χ1) is 17.0. The van der Waals surface area contributed by atoms with Gasteiger partial charge < -0.3 is 25.2 Å². The second-order valence-corrected chi connectivity index (χ2v) is 9.08. The average molecular weight is 496 g/mol. The van der Waals surface area contributed by atoms with E-state index in [1.54, 1.807) is 0 Å². The molecule has 0 fully saturated rings. The molecule has 1 unspecified atom stereocenters. The second-order valence-electron chi connectivity index (χ2n) is 7.96. The van der Waals surface area contributed by atoms with Crippen LogP contribution in [0.25, 0.3) is 11.1 Å². The molecule has 1 aromatic heterocycles. The maximum atomic E-state index is 12.3. The van der Waals surface area contributed by atoms with Crippen molar-refractivity contribution in [3.05, 3.63) is 75.7 Å². The summed E-state index contributed by atoms with van der Waals surface area (Å²) in [5, 5.41) is 14.7. The molecule has 4 rings (SSSR count). The first kappa shape index (κ1) is 24.4. The van der Waals surface area contributed by atoms with Gasteiger partial charge in [0.1, 0.15) is 16.5 Å². The summed E-state index contributed by atoms with van der Waals surface area (Å²) in [4.78, 5) is 39.9. The van der Waals surface area contributed by atoms with Gasteiger partial charge in [-0.2, -0.15) is 0 Å². The molecule has 0 saturated heterocycles. The zero-order valence-corrected chi connectivity index (χ0v) is 19.8. The van der Waals surface area contributed by atoms with Gasteiger partial charge in [-0.1, -0.05) is 48.5 Å². The number of aromatic nitrogens is 1. The van der Waals surface area contributed by atoms with Gasteiger partial charge in [0.15, 0.2) is 0 Å². The lowest BCUT2D eigenvalue weighted by Crippen LogP contribution is -2.34. The number of nitrogens with zero attached hydrogens (tertiary/aromatic N) is 1. The number of nitrogens with one attached hydrogen (secondary N) is 2. The van der Waals surface area contributed by atoms with Crippen molar-refractivity contribution in [2.75, 3.05) is 20.3 Å². The number of carbonyl (C=O) groups excluding carboxylic acids is 2. The largest absolute Gasteiger partial charge is 0.481 e. The van der Waals surface area contributed by atoms with Crippen LogP contribution in [-0.2, 0) is 20.8 Å². The summed E-state index contributed by atoms with van der Waals surface area (Å²) >= 11 is 1.13. The Morgan fingerprint density at radius 1 is 1.06 bits per heavy atom. The lowest BCUT2D eigenvalue weighted by Gasteiger charge is -2.14. The maximum Gasteiger partial charge on any atom is 0.407 e. The van der Waals surface area contributed by atoms with E-state index in [4.69, 9.17) is 14.6 Å². The Morgan fingerprint density at radius 3 is 2.34 bits per heavy atom. The molecule has 3 aromatic rings. The highest BCUT2D eigenvalue weighted by Gasteiger charge is 2.29. The van der Waals surface area contributed by atoms with Crippen LogP contribution < -0.4 is 10.6 Å². The van der Waals surface area contributed by atoms with Gasteiger partial charge in [-0.05, 0) is 22.3 Å². The van der Waals surface area contributed by atoms with E-state index >= 15 is 0 Å². The summed E-state index contributed by atoms with van der Waals surface area (Å²) in [5.74, 6) is -1.42. The van der Waals surface area contributed by atoms with Gasteiger partial charge >= 0.3 is 12.1 Å². The lowest BCUT2D eigenvalue weighted by molar-refractivity contribution is -0.139. The normalized spacial score (nSPS) is 12.9. The minimum absolute atomic E-state index is 0.0274. The average Bonchev–Trinajstić information content (AvgIpc) is 3.46.